The summed E-state index contributed by atoms with van der Waals surface area (Å²) in [7, 11) is 3.13. The number of hydrogen-bond acceptors (Lipinski definition) is 6. The largest absolute Gasteiger partial charge is 0.467 e. The number of methoxy groups -OCH3 is 1. The summed E-state index contributed by atoms with van der Waals surface area (Å²) in [5.74, 6) is -0.369. The van der Waals surface area contributed by atoms with Crippen molar-refractivity contribution in [3.8, 4) is 0 Å². The molecule has 15 heavy (non-hydrogen) atoms. The van der Waals surface area contributed by atoms with E-state index < -0.39 is 6.10 Å². The molecule has 2 N–H and O–H groups in total. The molecule has 90 valence electrons. The summed E-state index contributed by atoms with van der Waals surface area (Å²) in [6.45, 7) is 3.82. The van der Waals surface area contributed by atoms with Gasteiger partial charge in [-0.15, -0.1) is 0 Å². The van der Waals surface area contributed by atoms with Crippen LogP contribution in [-0.4, -0.2) is 52.6 Å². The molecular weight excluding hydrogens is 200 g/mol. The molecule has 0 spiro atoms. The summed E-state index contributed by atoms with van der Waals surface area (Å²) < 4.78 is 14.9. The maximum Gasteiger partial charge on any atom is 0.334 e. The number of carbonyl (C=O) groups is 1. The van der Waals surface area contributed by atoms with Gasteiger partial charge in [-0.3, -0.25) is 10.9 Å². The van der Waals surface area contributed by atoms with Crippen molar-refractivity contribution in [3.05, 3.63) is 0 Å². The number of hydrogen-bond donors (Lipinski definition) is 2. The van der Waals surface area contributed by atoms with Gasteiger partial charge in [-0.05, 0) is 14.0 Å². The molecule has 6 heteroatoms. The smallest absolute Gasteiger partial charge is 0.334 e. The van der Waals surface area contributed by atoms with Crippen LogP contribution in [0.5, 0.6) is 0 Å². The molecule has 0 aliphatic rings. The van der Waals surface area contributed by atoms with Gasteiger partial charge in [0.05, 0.1) is 26.9 Å². The van der Waals surface area contributed by atoms with Gasteiger partial charge in [-0.2, -0.15) is 0 Å². The zero-order valence-corrected chi connectivity index (χ0v) is 9.54. The molecule has 0 aliphatic carbocycles. The Hall–Kier alpha value is -0.690. The van der Waals surface area contributed by atoms with Crippen LogP contribution in [0, 0.1) is 0 Å². The van der Waals surface area contributed by atoms with Gasteiger partial charge in [0, 0.05) is 6.54 Å². The fraction of sp³-hybridized carbons (Fsp3) is 0.889. The van der Waals surface area contributed by atoms with Crippen LogP contribution >= 0.6 is 0 Å². The third-order valence-corrected chi connectivity index (χ3v) is 1.68. The zero-order chi connectivity index (χ0) is 11.5. The monoisotopic (exact) mass is 220 g/mol. The molecule has 0 rings (SSSR count). The van der Waals surface area contributed by atoms with Crippen LogP contribution < -0.4 is 10.9 Å². The third kappa shape index (κ3) is 8.31. The molecule has 0 heterocycles. The van der Waals surface area contributed by atoms with Crippen molar-refractivity contribution in [1.82, 2.24) is 10.9 Å². The Kier molecular flexibility index (Phi) is 9.40. The lowest BCUT2D eigenvalue weighted by atomic mass is 10.4. The molecule has 0 radical (unpaired) electrons. The molecule has 0 aromatic rings. The van der Waals surface area contributed by atoms with Gasteiger partial charge in [0.2, 0.25) is 0 Å². The minimum absolute atomic E-state index is 0.369. The van der Waals surface area contributed by atoms with E-state index in [1.54, 1.807) is 14.0 Å². The number of carbonyl (C=O) groups excluding carboxylic acids is 1. The van der Waals surface area contributed by atoms with E-state index in [-0.39, 0.29) is 5.97 Å². The van der Waals surface area contributed by atoms with Crippen LogP contribution in [0.25, 0.3) is 0 Å². The minimum atomic E-state index is -0.533. The van der Waals surface area contributed by atoms with Gasteiger partial charge in [0.1, 0.15) is 0 Å². The van der Waals surface area contributed by atoms with E-state index in [1.807, 2.05) is 0 Å². The Bertz CT molecular complexity index is 166. The lowest BCUT2D eigenvalue weighted by molar-refractivity contribution is -0.153. The van der Waals surface area contributed by atoms with E-state index in [9.17, 15) is 4.79 Å². The van der Waals surface area contributed by atoms with Crippen LogP contribution in [0.4, 0.5) is 0 Å². The summed E-state index contributed by atoms with van der Waals surface area (Å²) in [6, 6.07) is 0. The Morgan fingerprint density at radius 2 is 2.07 bits per heavy atom. The quantitative estimate of drug-likeness (QED) is 0.304. The average molecular weight is 220 g/mol. The van der Waals surface area contributed by atoms with Gasteiger partial charge in [0.15, 0.2) is 6.10 Å². The number of nitrogens with one attached hydrogen (secondary N) is 2. The molecule has 0 saturated heterocycles. The second kappa shape index (κ2) is 9.85. The first-order valence-electron chi connectivity index (χ1n) is 4.89. The first kappa shape index (κ1) is 14.3. The van der Waals surface area contributed by atoms with E-state index in [4.69, 9.17) is 9.47 Å². The van der Waals surface area contributed by atoms with Crippen molar-refractivity contribution in [3.63, 3.8) is 0 Å². The Morgan fingerprint density at radius 1 is 1.33 bits per heavy atom. The molecule has 0 unspecified atom stereocenters. The molecular formula is C9H20N2O4. The fourth-order valence-electron chi connectivity index (χ4n) is 0.868. The third-order valence-electron chi connectivity index (χ3n) is 1.68. The minimum Gasteiger partial charge on any atom is -0.467 e. The Morgan fingerprint density at radius 3 is 2.67 bits per heavy atom. The second-order valence-corrected chi connectivity index (χ2v) is 2.83. The Labute approximate surface area is 90.2 Å². The number of ether oxygens (including phenoxy) is 3. The van der Waals surface area contributed by atoms with E-state index in [1.165, 1.54) is 7.11 Å². The highest BCUT2D eigenvalue weighted by Crippen LogP contribution is 1.93. The summed E-state index contributed by atoms with van der Waals surface area (Å²) in [5.41, 5.74) is 5.66. The molecule has 1 atom stereocenters. The second-order valence-electron chi connectivity index (χ2n) is 2.83. The number of hydrazine groups is 1. The topological polar surface area (TPSA) is 68.8 Å². The lowest BCUT2D eigenvalue weighted by Gasteiger charge is -2.10. The van der Waals surface area contributed by atoms with E-state index in [2.05, 4.69) is 15.6 Å². The first-order valence-corrected chi connectivity index (χ1v) is 4.89. The van der Waals surface area contributed by atoms with Crippen molar-refractivity contribution in [1.29, 1.82) is 0 Å². The number of esters is 1. The molecule has 0 aromatic heterocycles. The van der Waals surface area contributed by atoms with Gasteiger partial charge in [-0.1, -0.05) is 0 Å². The maximum atomic E-state index is 10.9. The van der Waals surface area contributed by atoms with E-state index in [0.29, 0.717) is 19.8 Å². The molecule has 0 aliphatic heterocycles. The normalized spacial score (nSPS) is 12.5. The highest BCUT2D eigenvalue weighted by Gasteiger charge is 2.12. The predicted molar refractivity (Wildman–Crippen MR) is 55.3 cm³/mol. The summed E-state index contributed by atoms with van der Waals surface area (Å²) in [6.07, 6.45) is -0.533. The lowest BCUT2D eigenvalue weighted by Crippen LogP contribution is -2.31. The summed E-state index contributed by atoms with van der Waals surface area (Å²) >= 11 is 0. The van der Waals surface area contributed by atoms with Gasteiger partial charge >= 0.3 is 5.97 Å². The van der Waals surface area contributed by atoms with Crippen LogP contribution in [0.3, 0.4) is 0 Å². The standard InChI is InChI=1S/C9H20N2O4/c1-8(9(12)13-3)15-7-6-14-5-4-11-10-2/h8,10-11H,4-7H2,1-3H3/t8-/m0/s1. The molecule has 0 fully saturated rings. The summed E-state index contributed by atoms with van der Waals surface area (Å²) in [4.78, 5) is 10.9. The average Bonchev–Trinajstić information content (AvgIpc) is 2.26. The number of rotatable bonds is 9. The highest BCUT2D eigenvalue weighted by atomic mass is 16.6. The van der Waals surface area contributed by atoms with Crippen LogP contribution in [-0.2, 0) is 19.0 Å². The molecule has 0 aromatic carbocycles. The molecule has 0 amide bonds. The molecule has 6 nitrogen and oxygen atoms in total. The van der Waals surface area contributed by atoms with Crippen molar-refractivity contribution in [2.24, 2.45) is 0 Å². The zero-order valence-electron chi connectivity index (χ0n) is 9.54. The van der Waals surface area contributed by atoms with Crippen molar-refractivity contribution < 1.29 is 19.0 Å². The maximum absolute atomic E-state index is 10.9. The van der Waals surface area contributed by atoms with Crippen LogP contribution in [0.2, 0.25) is 0 Å². The van der Waals surface area contributed by atoms with Gasteiger partial charge < -0.3 is 14.2 Å². The first-order chi connectivity index (χ1) is 7.22. The van der Waals surface area contributed by atoms with E-state index in [0.717, 1.165) is 6.54 Å². The van der Waals surface area contributed by atoms with Crippen molar-refractivity contribution in [2.45, 2.75) is 13.0 Å². The SMILES string of the molecule is CNNCCOCCO[C@@H](C)C(=O)OC. The van der Waals surface area contributed by atoms with Crippen molar-refractivity contribution >= 4 is 5.97 Å². The summed E-state index contributed by atoms with van der Waals surface area (Å²) in [5, 5.41) is 0. The van der Waals surface area contributed by atoms with Crippen LogP contribution in [0.15, 0.2) is 0 Å². The van der Waals surface area contributed by atoms with Crippen molar-refractivity contribution in [2.75, 3.05) is 40.5 Å². The van der Waals surface area contributed by atoms with E-state index >= 15 is 0 Å². The molecule has 0 bridgehead atoms. The van der Waals surface area contributed by atoms with Gasteiger partial charge in [0.25, 0.3) is 0 Å². The van der Waals surface area contributed by atoms with Crippen LogP contribution in [0.1, 0.15) is 6.92 Å². The van der Waals surface area contributed by atoms with Gasteiger partial charge in [-0.25, -0.2) is 4.79 Å². The highest BCUT2D eigenvalue weighted by molar-refractivity contribution is 5.73. The Balaban J connectivity index is 3.20. The predicted octanol–water partition coefficient (Wildman–Crippen LogP) is -0.695. The fourth-order valence-corrected chi connectivity index (χ4v) is 0.868. The molecule has 0 saturated carbocycles.